The third kappa shape index (κ3) is 3.99. The van der Waals surface area contributed by atoms with E-state index in [1.807, 2.05) is 6.07 Å². The van der Waals surface area contributed by atoms with Gasteiger partial charge in [-0.1, -0.05) is 158 Å². The predicted octanol–water partition coefficient (Wildman–Crippen LogP) is 12.5. The highest BCUT2D eigenvalue weighted by molar-refractivity contribution is 6.25. The van der Waals surface area contributed by atoms with Gasteiger partial charge in [0.1, 0.15) is 23.0 Å². The maximum atomic E-state index is 7.12. The van der Waals surface area contributed by atoms with E-state index in [9.17, 15) is 0 Å². The van der Waals surface area contributed by atoms with Crippen LogP contribution in [0.3, 0.4) is 0 Å². The first-order chi connectivity index (χ1) is 23.8. The van der Waals surface area contributed by atoms with Crippen molar-refractivity contribution in [2.24, 2.45) is 0 Å². The maximum absolute atomic E-state index is 7.12. The molecule has 0 radical (unpaired) electrons. The van der Waals surface area contributed by atoms with Crippen molar-refractivity contribution in [3.8, 4) is 28.0 Å². The normalized spacial score (nSPS) is 15.7. The lowest BCUT2D eigenvalue weighted by Crippen LogP contribution is -2.11. The fraction of sp³-hybridized carbons (Fsp3) is 0.0435. The van der Waals surface area contributed by atoms with E-state index >= 15 is 0 Å². The second-order valence-electron chi connectivity index (χ2n) is 12.7. The van der Waals surface area contributed by atoms with Crippen molar-refractivity contribution in [1.29, 1.82) is 0 Å². The number of para-hydroxylation sites is 1. The van der Waals surface area contributed by atoms with Gasteiger partial charge in [0.25, 0.3) is 0 Å². The molecule has 2 atom stereocenters. The summed E-state index contributed by atoms with van der Waals surface area (Å²) in [7, 11) is 0. The molecule has 1 aliphatic rings. The first kappa shape index (κ1) is 27.0. The Balaban J connectivity index is 1.36. The molecule has 226 valence electrons. The highest BCUT2D eigenvalue weighted by Crippen LogP contribution is 2.57. The average molecular weight is 615 g/mol. The SMILES string of the molecule is c1ccc(-c2c3ccccc3c(-c3cc4c(c5c3oc3ccccc35)OC(c3ccccc3)C4c3ccccc3)c3ccccc23)cc1. The topological polar surface area (TPSA) is 22.4 Å². The van der Waals surface area contributed by atoms with Crippen LogP contribution in [0.25, 0.3) is 65.7 Å². The van der Waals surface area contributed by atoms with Gasteiger partial charge in [-0.15, -0.1) is 0 Å². The van der Waals surface area contributed by atoms with Crippen molar-refractivity contribution in [3.05, 3.63) is 187 Å². The van der Waals surface area contributed by atoms with Crippen molar-refractivity contribution < 1.29 is 9.15 Å². The number of hydrogen-bond acceptors (Lipinski definition) is 2. The molecule has 0 bridgehead atoms. The summed E-state index contributed by atoms with van der Waals surface area (Å²) in [5, 5.41) is 6.96. The number of furan rings is 1. The molecule has 0 fully saturated rings. The summed E-state index contributed by atoms with van der Waals surface area (Å²) < 4.78 is 14.0. The largest absolute Gasteiger partial charge is 0.484 e. The van der Waals surface area contributed by atoms with E-state index in [0.29, 0.717) is 0 Å². The highest BCUT2D eigenvalue weighted by atomic mass is 16.5. The summed E-state index contributed by atoms with van der Waals surface area (Å²) in [5.41, 5.74) is 10.0. The van der Waals surface area contributed by atoms with Crippen molar-refractivity contribution in [2.45, 2.75) is 12.0 Å². The zero-order valence-electron chi connectivity index (χ0n) is 26.1. The fourth-order valence-corrected chi connectivity index (χ4v) is 8.05. The summed E-state index contributed by atoms with van der Waals surface area (Å²) in [6.07, 6.45) is -0.176. The lowest BCUT2D eigenvalue weighted by molar-refractivity contribution is 0.225. The molecule has 1 aromatic heterocycles. The van der Waals surface area contributed by atoms with Gasteiger partial charge in [-0.2, -0.15) is 0 Å². The molecule has 8 aromatic carbocycles. The third-order valence-electron chi connectivity index (χ3n) is 10.1. The van der Waals surface area contributed by atoms with Crippen LogP contribution in [0.1, 0.15) is 28.7 Å². The zero-order valence-corrected chi connectivity index (χ0v) is 26.1. The summed E-state index contributed by atoms with van der Waals surface area (Å²) in [6, 6.07) is 60.6. The van der Waals surface area contributed by atoms with Crippen molar-refractivity contribution in [3.63, 3.8) is 0 Å². The summed E-state index contributed by atoms with van der Waals surface area (Å²) >= 11 is 0. The Morgan fingerprint density at radius 1 is 0.438 bits per heavy atom. The standard InChI is InChI=1S/C46H30O2/c1-4-16-29(17-5-1)40-32-22-10-12-24-34(32)42(35-25-13-11-23-33(35)40)38-28-37-41(30-18-6-2-7-19-30)44(31-20-8-3-9-21-31)48-46(37)43-36-26-14-15-27-39(36)47-45(38)43/h1-28,41,44H. The molecule has 0 saturated heterocycles. The van der Waals surface area contributed by atoms with Crippen molar-refractivity contribution in [1.82, 2.24) is 0 Å². The molecule has 48 heavy (non-hydrogen) atoms. The Bertz CT molecular complexity index is 2580. The van der Waals surface area contributed by atoms with Gasteiger partial charge in [0.05, 0.1) is 11.3 Å². The Kier molecular flexibility index (Phi) is 6.04. The second-order valence-corrected chi connectivity index (χ2v) is 12.7. The number of fused-ring (bicyclic) bond motifs is 7. The van der Waals surface area contributed by atoms with Gasteiger partial charge in [0, 0.05) is 22.1 Å². The maximum Gasteiger partial charge on any atom is 0.147 e. The monoisotopic (exact) mass is 614 g/mol. The first-order valence-electron chi connectivity index (χ1n) is 16.6. The van der Waals surface area contributed by atoms with Crippen LogP contribution >= 0.6 is 0 Å². The van der Waals surface area contributed by atoms with Crippen molar-refractivity contribution >= 4 is 43.5 Å². The fourth-order valence-electron chi connectivity index (χ4n) is 8.05. The molecule has 0 spiro atoms. The van der Waals surface area contributed by atoms with Crippen LogP contribution < -0.4 is 4.74 Å². The molecule has 0 N–H and O–H groups in total. The smallest absolute Gasteiger partial charge is 0.147 e. The van der Waals surface area contributed by atoms with E-state index in [0.717, 1.165) is 38.8 Å². The minimum atomic E-state index is -0.176. The van der Waals surface area contributed by atoms with E-state index < -0.39 is 0 Å². The van der Waals surface area contributed by atoms with Gasteiger partial charge >= 0.3 is 0 Å². The van der Waals surface area contributed by atoms with E-state index in [1.165, 1.54) is 49.4 Å². The number of rotatable bonds is 4. The summed E-state index contributed by atoms with van der Waals surface area (Å²) in [4.78, 5) is 0. The first-order valence-corrected chi connectivity index (χ1v) is 16.6. The quantitative estimate of drug-likeness (QED) is 0.184. The number of benzene rings is 8. The molecule has 9 aromatic rings. The summed E-state index contributed by atoms with van der Waals surface area (Å²) in [5.74, 6) is 0.914. The Morgan fingerprint density at radius 3 is 1.56 bits per heavy atom. The van der Waals surface area contributed by atoms with Crippen molar-refractivity contribution in [2.75, 3.05) is 0 Å². The van der Waals surface area contributed by atoms with Gasteiger partial charge in [-0.05, 0) is 55.9 Å². The highest BCUT2D eigenvalue weighted by Gasteiger charge is 2.40. The average Bonchev–Trinajstić information content (AvgIpc) is 3.74. The molecule has 2 heteroatoms. The van der Waals surface area contributed by atoms with E-state index in [1.54, 1.807) is 0 Å². The van der Waals surface area contributed by atoms with Crippen LogP contribution in [0.15, 0.2) is 174 Å². The molecular formula is C46H30O2. The van der Waals surface area contributed by atoms with Crippen LogP contribution in [0.2, 0.25) is 0 Å². The van der Waals surface area contributed by atoms with Crippen LogP contribution in [0.5, 0.6) is 5.75 Å². The van der Waals surface area contributed by atoms with Crippen LogP contribution in [0, 0.1) is 0 Å². The van der Waals surface area contributed by atoms with E-state index in [-0.39, 0.29) is 12.0 Å². The predicted molar refractivity (Wildman–Crippen MR) is 198 cm³/mol. The number of ether oxygens (including phenoxy) is 1. The second kappa shape index (κ2) is 10.7. The Labute approximate surface area is 278 Å². The molecule has 10 rings (SSSR count). The van der Waals surface area contributed by atoms with Gasteiger partial charge < -0.3 is 9.15 Å². The van der Waals surface area contributed by atoms with E-state index in [2.05, 4.69) is 164 Å². The molecule has 1 aliphatic heterocycles. The van der Waals surface area contributed by atoms with Crippen LogP contribution in [-0.2, 0) is 0 Å². The van der Waals surface area contributed by atoms with Gasteiger partial charge in [0.2, 0.25) is 0 Å². The van der Waals surface area contributed by atoms with E-state index in [4.69, 9.17) is 9.15 Å². The lowest BCUT2D eigenvalue weighted by Gasteiger charge is -2.20. The van der Waals surface area contributed by atoms with Gasteiger partial charge in [0.15, 0.2) is 0 Å². The molecule has 0 saturated carbocycles. The molecule has 2 heterocycles. The zero-order chi connectivity index (χ0) is 31.6. The minimum Gasteiger partial charge on any atom is -0.484 e. The molecule has 2 unspecified atom stereocenters. The molecule has 0 amide bonds. The molecule has 0 aliphatic carbocycles. The third-order valence-corrected chi connectivity index (χ3v) is 10.1. The van der Waals surface area contributed by atoms with Crippen LogP contribution in [-0.4, -0.2) is 0 Å². The van der Waals surface area contributed by atoms with Gasteiger partial charge in [-0.3, -0.25) is 0 Å². The molecular weight excluding hydrogens is 585 g/mol. The molecule has 2 nitrogen and oxygen atoms in total. The van der Waals surface area contributed by atoms with Gasteiger partial charge in [-0.25, -0.2) is 0 Å². The minimum absolute atomic E-state index is 0.00142. The number of hydrogen-bond donors (Lipinski definition) is 0. The summed E-state index contributed by atoms with van der Waals surface area (Å²) in [6.45, 7) is 0. The lowest BCUT2D eigenvalue weighted by atomic mass is 9.81. The van der Waals surface area contributed by atoms with Crippen LogP contribution in [0.4, 0.5) is 0 Å². The Hall–Kier alpha value is -6.12. The Morgan fingerprint density at radius 2 is 0.938 bits per heavy atom.